The number of hydrogen-bond donors (Lipinski definition) is 1. The summed E-state index contributed by atoms with van der Waals surface area (Å²) in [7, 11) is 0. The molecule has 0 bridgehead atoms. The van der Waals surface area contributed by atoms with Gasteiger partial charge in [-0.1, -0.05) is 32.0 Å². The lowest BCUT2D eigenvalue weighted by atomic mass is 10.0. The average Bonchev–Trinajstić information content (AvgIpc) is 2.98. The van der Waals surface area contributed by atoms with Crippen molar-refractivity contribution in [3.8, 4) is 5.75 Å². The quantitative estimate of drug-likeness (QED) is 0.803. The Morgan fingerprint density at radius 2 is 1.85 bits per heavy atom. The number of hydrogen-bond acceptors (Lipinski definition) is 3. The van der Waals surface area contributed by atoms with Crippen LogP contribution in [0.5, 0.6) is 5.75 Å². The number of fused-ring (bicyclic) bond motifs is 1. The minimum Gasteiger partial charge on any atom is -0.494 e. The third kappa shape index (κ3) is 4.30. The second-order valence-corrected chi connectivity index (χ2v) is 7.18. The number of nitrogens with zero attached hydrogens (tertiary/aromatic N) is 1. The van der Waals surface area contributed by atoms with Crippen LogP contribution in [0, 0.1) is 5.92 Å². The fourth-order valence-corrected chi connectivity index (χ4v) is 3.38. The van der Waals surface area contributed by atoms with Gasteiger partial charge in [0.15, 0.2) is 0 Å². The van der Waals surface area contributed by atoms with Crippen molar-refractivity contribution in [2.24, 2.45) is 5.92 Å². The molecule has 2 aromatic rings. The molecule has 2 amide bonds. The molecular weight excluding hydrogens is 340 g/mol. The van der Waals surface area contributed by atoms with Gasteiger partial charge in [-0.15, -0.1) is 0 Å². The van der Waals surface area contributed by atoms with Crippen LogP contribution in [0.25, 0.3) is 0 Å². The molecule has 0 saturated carbocycles. The molecule has 1 aliphatic rings. The van der Waals surface area contributed by atoms with Gasteiger partial charge in [-0.25, -0.2) is 0 Å². The number of rotatable bonds is 7. The monoisotopic (exact) mass is 366 g/mol. The third-order valence-electron chi connectivity index (χ3n) is 4.66. The normalized spacial score (nSPS) is 14.2. The molecule has 3 rings (SSSR count). The van der Waals surface area contributed by atoms with E-state index in [-0.39, 0.29) is 17.7 Å². The highest BCUT2D eigenvalue weighted by Crippen LogP contribution is 2.27. The molecule has 1 atom stereocenters. The Morgan fingerprint density at radius 3 is 2.48 bits per heavy atom. The Bertz CT molecular complexity index is 815. The van der Waals surface area contributed by atoms with Crippen molar-refractivity contribution in [2.45, 2.75) is 39.8 Å². The molecule has 1 aliphatic heterocycles. The molecule has 0 unspecified atom stereocenters. The van der Waals surface area contributed by atoms with E-state index < -0.39 is 6.04 Å². The summed E-state index contributed by atoms with van der Waals surface area (Å²) < 4.78 is 5.43. The number of nitrogens with one attached hydrogen (secondary N) is 1. The van der Waals surface area contributed by atoms with Crippen LogP contribution in [0.3, 0.4) is 0 Å². The number of carbonyl (C=O) groups excluding carboxylic acids is 2. The maximum Gasteiger partial charge on any atom is 0.255 e. The van der Waals surface area contributed by atoms with Crippen molar-refractivity contribution < 1.29 is 14.3 Å². The molecule has 27 heavy (non-hydrogen) atoms. The molecule has 0 aromatic heterocycles. The predicted octanol–water partition coefficient (Wildman–Crippen LogP) is 4.09. The van der Waals surface area contributed by atoms with Crippen molar-refractivity contribution in [3.05, 3.63) is 59.7 Å². The lowest BCUT2D eigenvalue weighted by Crippen LogP contribution is -2.45. The summed E-state index contributed by atoms with van der Waals surface area (Å²) in [5.74, 6) is 0.823. The minimum atomic E-state index is -0.503. The van der Waals surface area contributed by atoms with Gasteiger partial charge in [0.1, 0.15) is 11.8 Å². The maximum absolute atomic E-state index is 13.0. The van der Waals surface area contributed by atoms with Gasteiger partial charge in [-0.2, -0.15) is 0 Å². The lowest BCUT2D eigenvalue weighted by Gasteiger charge is -2.28. The summed E-state index contributed by atoms with van der Waals surface area (Å²) in [5.41, 5.74) is 2.37. The summed E-state index contributed by atoms with van der Waals surface area (Å²) in [4.78, 5) is 27.5. The molecule has 0 radical (unpaired) electrons. The van der Waals surface area contributed by atoms with E-state index in [1.54, 1.807) is 4.90 Å². The first-order chi connectivity index (χ1) is 13.0. The highest BCUT2D eigenvalue weighted by atomic mass is 16.5. The van der Waals surface area contributed by atoms with Crippen molar-refractivity contribution >= 4 is 17.5 Å². The van der Waals surface area contributed by atoms with Crippen LogP contribution < -0.4 is 10.1 Å². The van der Waals surface area contributed by atoms with Crippen LogP contribution >= 0.6 is 0 Å². The average molecular weight is 366 g/mol. The largest absolute Gasteiger partial charge is 0.494 e. The molecule has 142 valence electrons. The van der Waals surface area contributed by atoms with Gasteiger partial charge >= 0.3 is 0 Å². The molecule has 1 N–H and O–H groups in total. The number of benzene rings is 2. The Morgan fingerprint density at radius 1 is 1.15 bits per heavy atom. The minimum absolute atomic E-state index is 0.0712. The van der Waals surface area contributed by atoms with Crippen LogP contribution in [-0.2, 0) is 11.3 Å². The van der Waals surface area contributed by atoms with E-state index in [0.29, 0.717) is 30.8 Å². The van der Waals surface area contributed by atoms with Crippen LogP contribution in [0.1, 0.15) is 43.1 Å². The first-order valence-corrected chi connectivity index (χ1v) is 9.42. The Balaban J connectivity index is 1.76. The zero-order valence-electron chi connectivity index (χ0n) is 16.1. The Labute approximate surface area is 160 Å². The number of ether oxygens (including phenoxy) is 1. The Hall–Kier alpha value is -2.82. The van der Waals surface area contributed by atoms with E-state index in [0.717, 1.165) is 11.3 Å². The lowest BCUT2D eigenvalue weighted by molar-refractivity contribution is -0.121. The van der Waals surface area contributed by atoms with Crippen LogP contribution in [0.2, 0.25) is 0 Å². The molecule has 2 aromatic carbocycles. The zero-order valence-corrected chi connectivity index (χ0v) is 16.1. The van der Waals surface area contributed by atoms with Crippen molar-refractivity contribution in [3.63, 3.8) is 0 Å². The van der Waals surface area contributed by atoms with Gasteiger partial charge in [-0.3, -0.25) is 9.59 Å². The second kappa shape index (κ2) is 8.25. The number of anilines is 1. The van der Waals surface area contributed by atoms with E-state index in [1.807, 2.05) is 55.5 Å². The fraction of sp³-hybridized carbons (Fsp3) is 0.364. The highest BCUT2D eigenvalue weighted by Gasteiger charge is 2.36. The van der Waals surface area contributed by atoms with Crippen molar-refractivity contribution in [1.82, 2.24) is 4.90 Å². The van der Waals surface area contributed by atoms with Crippen molar-refractivity contribution in [2.75, 3.05) is 11.9 Å². The van der Waals surface area contributed by atoms with Gasteiger partial charge in [-0.05, 0) is 55.2 Å². The molecule has 1 heterocycles. The second-order valence-electron chi connectivity index (χ2n) is 7.18. The summed E-state index contributed by atoms with van der Waals surface area (Å²) in [6.45, 7) is 7.12. The molecule has 0 saturated heterocycles. The number of amides is 2. The SMILES string of the molecule is CCOc1ccc(NC(=O)[C@H](CC(C)C)N2Cc3ccccc3C2=O)cc1. The molecule has 0 aliphatic carbocycles. The zero-order chi connectivity index (χ0) is 19.4. The number of carbonyl (C=O) groups is 2. The van der Waals surface area contributed by atoms with Crippen molar-refractivity contribution in [1.29, 1.82) is 0 Å². The standard InChI is InChI=1S/C22H26N2O3/c1-4-27-18-11-9-17(10-12-18)23-21(25)20(13-15(2)3)24-14-16-7-5-6-8-19(16)22(24)26/h5-12,15,20H,4,13-14H2,1-3H3,(H,23,25)/t20-/m0/s1. The summed E-state index contributed by atoms with van der Waals surface area (Å²) in [6.07, 6.45) is 0.614. The van der Waals surface area contributed by atoms with E-state index in [4.69, 9.17) is 4.74 Å². The first-order valence-electron chi connectivity index (χ1n) is 9.42. The van der Waals surface area contributed by atoms with E-state index in [9.17, 15) is 9.59 Å². The summed E-state index contributed by atoms with van der Waals surface area (Å²) in [6, 6.07) is 14.3. The first kappa shape index (κ1) is 19.0. The maximum atomic E-state index is 13.0. The molecule has 5 heteroatoms. The summed E-state index contributed by atoms with van der Waals surface area (Å²) in [5, 5.41) is 2.95. The molecule has 0 fully saturated rings. The van der Waals surface area contributed by atoms with Gasteiger partial charge in [0, 0.05) is 17.8 Å². The molecule has 0 spiro atoms. The van der Waals surface area contributed by atoms with Crippen LogP contribution in [0.15, 0.2) is 48.5 Å². The van der Waals surface area contributed by atoms with Gasteiger partial charge in [0.05, 0.1) is 6.61 Å². The smallest absolute Gasteiger partial charge is 0.255 e. The summed E-state index contributed by atoms with van der Waals surface area (Å²) >= 11 is 0. The topological polar surface area (TPSA) is 58.6 Å². The highest BCUT2D eigenvalue weighted by molar-refractivity contribution is 6.03. The van der Waals surface area contributed by atoms with Crippen LogP contribution in [0.4, 0.5) is 5.69 Å². The van der Waals surface area contributed by atoms with E-state index in [2.05, 4.69) is 19.2 Å². The molecular formula is C22H26N2O3. The predicted molar refractivity (Wildman–Crippen MR) is 106 cm³/mol. The van der Waals surface area contributed by atoms with Gasteiger partial charge in [0.25, 0.3) is 5.91 Å². The Kier molecular flexibility index (Phi) is 5.79. The van der Waals surface area contributed by atoms with Gasteiger partial charge < -0.3 is 15.0 Å². The van der Waals surface area contributed by atoms with E-state index in [1.165, 1.54) is 0 Å². The molecule has 5 nitrogen and oxygen atoms in total. The third-order valence-corrected chi connectivity index (χ3v) is 4.66. The fourth-order valence-electron chi connectivity index (χ4n) is 3.38. The van der Waals surface area contributed by atoms with E-state index >= 15 is 0 Å². The van der Waals surface area contributed by atoms with Gasteiger partial charge in [0.2, 0.25) is 5.91 Å². The van der Waals surface area contributed by atoms with Crippen LogP contribution in [-0.4, -0.2) is 29.4 Å².